The molecule has 2 aromatic rings. The average Bonchev–Trinajstić information content (AvgIpc) is 2.89. The molecule has 6 heteroatoms. The van der Waals surface area contributed by atoms with Crippen LogP contribution in [0.25, 0.3) is 11.0 Å². The first-order chi connectivity index (χ1) is 9.28. The first-order valence-electron chi connectivity index (χ1n) is 6.83. The summed E-state index contributed by atoms with van der Waals surface area (Å²) in [4.78, 5) is 8.72. The van der Waals surface area contributed by atoms with Gasteiger partial charge in [-0.25, -0.2) is 0 Å². The molecule has 0 amide bonds. The Morgan fingerprint density at radius 2 is 2.16 bits per heavy atom. The van der Waals surface area contributed by atoms with Gasteiger partial charge in [0.25, 0.3) is 0 Å². The van der Waals surface area contributed by atoms with Gasteiger partial charge < -0.3 is 10.1 Å². The van der Waals surface area contributed by atoms with Crippen LogP contribution in [0, 0.1) is 5.92 Å². The Morgan fingerprint density at radius 3 is 2.95 bits per heavy atom. The molecule has 2 atom stereocenters. The standard InChI is InChI=1S/C13H19N5O/c1-8-5-3-4-6-10(8)19-12-9-7-15-18-11(9)16-13(14-2)17-12/h7-8,10H,3-6H2,1-2H3,(H2,14,15,16,17,18). The van der Waals surface area contributed by atoms with Crippen LogP contribution in [0.1, 0.15) is 32.6 Å². The van der Waals surface area contributed by atoms with Crippen molar-refractivity contribution in [3.8, 4) is 5.88 Å². The molecule has 1 saturated carbocycles. The quantitative estimate of drug-likeness (QED) is 0.887. The Balaban J connectivity index is 1.92. The zero-order valence-electron chi connectivity index (χ0n) is 11.3. The summed E-state index contributed by atoms with van der Waals surface area (Å²) in [6.07, 6.45) is 6.81. The lowest BCUT2D eigenvalue weighted by Crippen LogP contribution is -2.28. The van der Waals surface area contributed by atoms with E-state index in [1.807, 2.05) is 0 Å². The molecule has 6 nitrogen and oxygen atoms in total. The summed E-state index contributed by atoms with van der Waals surface area (Å²) in [6, 6.07) is 0. The Labute approximate surface area is 112 Å². The summed E-state index contributed by atoms with van der Waals surface area (Å²) >= 11 is 0. The van der Waals surface area contributed by atoms with Gasteiger partial charge in [-0.3, -0.25) is 5.10 Å². The van der Waals surface area contributed by atoms with Crippen LogP contribution in [0.3, 0.4) is 0 Å². The summed E-state index contributed by atoms with van der Waals surface area (Å²) in [6.45, 7) is 2.25. The highest BCUT2D eigenvalue weighted by atomic mass is 16.5. The van der Waals surface area contributed by atoms with Crippen LogP contribution in [-0.4, -0.2) is 33.3 Å². The third kappa shape index (κ3) is 2.34. The van der Waals surface area contributed by atoms with Crippen LogP contribution in [-0.2, 0) is 0 Å². The van der Waals surface area contributed by atoms with Crippen LogP contribution in [0.15, 0.2) is 6.20 Å². The topological polar surface area (TPSA) is 75.7 Å². The second kappa shape index (κ2) is 5.03. The van der Waals surface area contributed by atoms with Crippen LogP contribution in [0.2, 0.25) is 0 Å². The molecule has 2 unspecified atom stereocenters. The number of nitrogens with one attached hydrogen (secondary N) is 2. The Kier molecular flexibility index (Phi) is 3.23. The van der Waals surface area contributed by atoms with Crippen molar-refractivity contribution in [1.82, 2.24) is 20.2 Å². The fourth-order valence-electron chi connectivity index (χ4n) is 2.61. The number of anilines is 1. The van der Waals surface area contributed by atoms with Gasteiger partial charge in [0, 0.05) is 7.05 Å². The number of hydrogen-bond acceptors (Lipinski definition) is 5. The van der Waals surface area contributed by atoms with E-state index in [-0.39, 0.29) is 6.10 Å². The third-order valence-electron chi connectivity index (χ3n) is 3.79. The molecule has 0 aliphatic heterocycles. The molecule has 19 heavy (non-hydrogen) atoms. The number of aromatic amines is 1. The molecule has 3 rings (SSSR count). The zero-order valence-corrected chi connectivity index (χ0v) is 11.3. The fraction of sp³-hybridized carbons (Fsp3) is 0.615. The van der Waals surface area contributed by atoms with Crippen molar-refractivity contribution < 1.29 is 4.74 Å². The molecular formula is C13H19N5O. The number of H-pyrrole nitrogens is 1. The van der Waals surface area contributed by atoms with E-state index in [9.17, 15) is 0 Å². The van der Waals surface area contributed by atoms with E-state index in [4.69, 9.17) is 4.74 Å². The van der Waals surface area contributed by atoms with E-state index in [1.54, 1.807) is 13.2 Å². The molecule has 2 N–H and O–H groups in total. The Morgan fingerprint density at radius 1 is 1.32 bits per heavy atom. The van der Waals surface area contributed by atoms with E-state index in [2.05, 4.69) is 32.4 Å². The minimum Gasteiger partial charge on any atom is -0.473 e. The minimum absolute atomic E-state index is 0.242. The van der Waals surface area contributed by atoms with E-state index < -0.39 is 0 Å². The highest BCUT2D eigenvalue weighted by Crippen LogP contribution is 2.30. The first-order valence-corrected chi connectivity index (χ1v) is 6.83. The van der Waals surface area contributed by atoms with E-state index >= 15 is 0 Å². The SMILES string of the molecule is CNc1nc(OC2CCCCC2C)c2cn[nH]c2n1. The molecule has 1 fully saturated rings. The van der Waals surface area contributed by atoms with Gasteiger partial charge >= 0.3 is 0 Å². The Bertz CT molecular complexity index is 567. The average molecular weight is 261 g/mol. The van der Waals surface area contributed by atoms with E-state index in [1.165, 1.54) is 19.3 Å². The molecule has 1 aliphatic rings. The van der Waals surface area contributed by atoms with Crippen molar-refractivity contribution in [3.05, 3.63) is 6.20 Å². The zero-order chi connectivity index (χ0) is 13.2. The minimum atomic E-state index is 0.242. The van der Waals surface area contributed by atoms with Gasteiger partial charge in [0.05, 0.1) is 6.20 Å². The predicted molar refractivity (Wildman–Crippen MR) is 73.3 cm³/mol. The summed E-state index contributed by atoms with van der Waals surface area (Å²) in [5.41, 5.74) is 0.706. The number of nitrogens with zero attached hydrogens (tertiary/aromatic N) is 3. The molecule has 0 radical (unpaired) electrons. The number of fused-ring (bicyclic) bond motifs is 1. The lowest BCUT2D eigenvalue weighted by molar-refractivity contribution is 0.0994. The van der Waals surface area contributed by atoms with Crippen LogP contribution in [0.5, 0.6) is 5.88 Å². The Hall–Kier alpha value is -1.85. The molecular weight excluding hydrogens is 242 g/mol. The predicted octanol–water partition coefficient (Wildman–Crippen LogP) is 2.35. The van der Waals surface area contributed by atoms with E-state index in [0.717, 1.165) is 11.8 Å². The third-order valence-corrected chi connectivity index (χ3v) is 3.79. The summed E-state index contributed by atoms with van der Waals surface area (Å²) in [5.74, 6) is 1.75. The highest BCUT2D eigenvalue weighted by Gasteiger charge is 2.24. The van der Waals surface area contributed by atoms with Crippen molar-refractivity contribution in [2.75, 3.05) is 12.4 Å². The van der Waals surface area contributed by atoms with Gasteiger partial charge in [-0.1, -0.05) is 13.3 Å². The maximum atomic E-state index is 6.13. The lowest BCUT2D eigenvalue weighted by atomic mass is 9.88. The van der Waals surface area contributed by atoms with Crippen LogP contribution >= 0.6 is 0 Å². The lowest BCUT2D eigenvalue weighted by Gasteiger charge is -2.28. The smallest absolute Gasteiger partial charge is 0.229 e. The molecule has 0 spiro atoms. The first kappa shape index (κ1) is 12.2. The van der Waals surface area contributed by atoms with Gasteiger partial charge in [0.1, 0.15) is 11.5 Å². The molecule has 0 bridgehead atoms. The molecule has 0 aromatic carbocycles. The van der Waals surface area contributed by atoms with Gasteiger partial charge in [-0.05, 0) is 25.2 Å². The van der Waals surface area contributed by atoms with Crippen molar-refractivity contribution in [1.29, 1.82) is 0 Å². The van der Waals surface area contributed by atoms with Gasteiger partial charge in [-0.2, -0.15) is 15.1 Å². The van der Waals surface area contributed by atoms with Crippen molar-refractivity contribution in [2.45, 2.75) is 38.7 Å². The molecule has 2 aromatic heterocycles. The van der Waals surface area contributed by atoms with Crippen molar-refractivity contribution >= 4 is 17.0 Å². The molecule has 102 valence electrons. The largest absolute Gasteiger partial charge is 0.473 e. The van der Waals surface area contributed by atoms with Gasteiger partial charge in [0.2, 0.25) is 11.8 Å². The summed E-state index contributed by atoms with van der Waals surface area (Å²) in [7, 11) is 1.80. The monoisotopic (exact) mass is 261 g/mol. The number of aromatic nitrogens is 4. The van der Waals surface area contributed by atoms with Crippen molar-refractivity contribution in [2.24, 2.45) is 5.92 Å². The second-order valence-electron chi connectivity index (χ2n) is 5.15. The normalized spacial score (nSPS) is 23.5. The maximum Gasteiger partial charge on any atom is 0.229 e. The summed E-state index contributed by atoms with van der Waals surface area (Å²) < 4.78 is 6.13. The number of hydrogen-bond donors (Lipinski definition) is 2. The van der Waals surface area contributed by atoms with Crippen LogP contribution < -0.4 is 10.1 Å². The molecule has 1 aliphatic carbocycles. The molecule has 2 heterocycles. The second-order valence-corrected chi connectivity index (χ2v) is 5.15. The van der Waals surface area contributed by atoms with Crippen molar-refractivity contribution in [3.63, 3.8) is 0 Å². The fourth-order valence-corrected chi connectivity index (χ4v) is 2.61. The maximum absolute atomic E-state index is 6.13. The van der Waals surface area contributed by atoms with Gasteiger partial charge in [0.15, 0.2) is 5.65 Å². The highest BCUT2D eigenvalue weighted by molar-refractivity contribution is 5.80. The van der Waals surface area contributed by atoms with Gasteiger partial charge in [-0.15, -0.1) is 0 Å². The van der Waals surface area contributed by atoms with Crippen LogP contribution in [0.4, 0.5) is 5.95 Å². The number of rotatable bonds is 3. The molecule has 0 saturated heterocycles. The summed E-state index contributed by atoms with van der Waals surface area (Å²) in [5, 5.41) is 10.7. The number of ether oxygens (including phenoxy) is 1. The van der Waals surface area contributed by atoms with E-state index in [0.29, 0.717) is 23.4 Å².